The number of nitrogens with two attached hydrogens (primary N) is 1. The van der Waals surface area contributed by atoms with Crippen molar-refractivity contribution in [3.05, 3.63) is 22.4 Å². The van der Waals surface area contributed by atoms with Crippen LogP contribution in [-0.2, 0) is 51.2 Å². The molecule has 6 N–H and O–H groups in total. The van der Waals surface area contributed by atoms with Gasteiger partial charge in [0.25, 0.3) is 5.56 Å². The van der Waals surface area contributed by atoms with Crippen molar-refractivity contribution in [1.29, 1.82) is 0 Å². The van der Waals surface area contributed by atoms with Crippen molar-refractivity contribution in [2.45, 2.75) is 55.6 Å². The van der Waals surface area contributed by atoms with Gasteiger partial charge < -0.3 is 39.1 Å². The van der Waals surface area contributed by atoms with E-state index < -0.39 is 81.4 Å². The summed E-state index contributed by atoms with van der Waals surface area (Å²) >= 11 is 10.3. The molecular formula is C20H22FN9O11P2S2. The highest BCUT2D eigenvalue weighted by atomic mass is 32.5. The topological polar surface area (TPSA) is 266 Å². The molecule has 45 heavy (non-hydrogen) atoms. The number of aliphatic imine (C=N–C) groups is 1. The van der Waals surface area contributed by atoms with Gasteiger partial charge in [-0.1, -0.05) is 5.21 Å². The number of imidazole rings is 1. The van der Waals surface area contributed by atoms with Gasteiger partial charge in [0.2, 0.25) is 5.95 Å². The first-order chi connectivity index (χ1) is 21.3. The number of hydrogen-bond donors (Lipinski definition) is 5. The number of aromatic amines is 1. The van der Waals surface area contributed by atoms with Crippen LogP contribution in [0, 0.1) is 0 Å². The van der Waals surface area contributed by atoms with Crippen LogP contribution in [0.4, 0.5) is 16.2 Å². The van der Waals surface area contributed by atoms with Crippen molar-refractivity contribution in [2.24, 2.45) is 4.99 Å². The van der Waals surface area contributed by atoms with E-state index in [0.717, 1.165) is 4.68 Å². The van der Waals surface area contributed by atoms with E-state index in [1.165, 1.54) is 17.1 Å². The number of aliphatic hydroxyl groups is 1. The minimum Gasteiger partial charge on any atom is -0.387 e. The number of hydrogen-bond acceptors (Lipinski definition) is 17. The van der Waals surface area contributed by atoms with Gasteiger partial charge in [-0.05, 0) is 23.6 Å². The molecule has 20 nitrogen and oxygen atoms in total. The van der Waals surface area contributed by atoms with E-state index >= 15 is 4.39 Å². The Labute approximate surface area is 259 Å². The first kappa shape index (κ1) is 31.1. The molecular weight excluding hydrogens is 687 g/mol. The zero-order chi connectivity index (χ0) is 31.8. The van der Waals surface area contributed by atoms with Crippen molar-refractivity contribution >= 4 is 72.0 Å². The molecule has 0 saturated carbocycles. The van der Waals surface area contributed by atoms with E-state index in [0.29, 0.717) is 0 Å². The molecule has 4 aliphatic rings. The van der Waals surface area contributed by atoms with Gasteiger partial charge in [0.1, 0.15) is 30.5 Å². The number of alkyl halides is 1. The highest BCUT2D eigenvalue weighted by Gasteiger charge is 2.53. The van der Waals surface area contributed by atoms with E-state index in [1.54, 1.807) is 0 Å². The Hall–Kier alpha value is -2.50. The average molecular weight is 710 g/mol. The number of Topliss-reactive ketones (excluding diaryl/α,β-unsaturated/α-hetero) is 1. The van der Waals surface area contributed by atoms with Crippen molar-refractivity contribution in [1.82, 2.24) is 34.5 Å². The molecule has 10 atom stereocenters. The Bertz CT molecular complexity index is 1870. The Morgan fingerprint density at radius 1 is 1.07 bits per heavy atom. The van der Waals surface area contributed by atoms with Gasteiger partial charge in [-0.2, -0.15) is 9.67 Å². The molecule has 3 fully saturated rings. The minimum atomic E-state index is -4.30. The maximum absolute atomic E-state index is 16.0. The summed E-state index contributed by atoms with van der Waals surface area (Å²) in [6.07, 6.45) is -9.95. The van der Waals surface area contributed by atoms with Crippen molar-refractivity contribution in [2.75, 3.05) is 18.9 Å². The third-order valence-corrected chi connectivity index (χ3v) is 10.4. The van der Waals surface area contributed by atoms with E-state index in [9.17, 15) is 24.5 Å². The predicted octanol–water partition coefficient (Wildman–Crippen LogP) is -0.973. The van der Waals surface area contributed by atoms with E-state index in [4.69, 9.17) is 56.9 Å². The largest absolute Gasteiger partial charge is 0.387 e. The number of halogens is 1. The highest BCUT2D eigenvalue weighted by Crippen LogP contribution is 2.54. The smallest absolute Gasteiger partial charge is 0.325 e. The first-order valence-electron chi connectivity index (χ1n) is 13.0. The standard InChI is InChI=1S/C20H22FN9O11P2S2/c21-9-13-8(39-18(9)30-15-10(27-28-30)6(31)1-2-23-15)4-37-43(35,45)41-14-12(32)7(3-36-42(34,44)40-13)38-19(14)29-5-24-11-16(29)25-20(22)26-17(11)33/h2,5,7-9,12-14,18-19,32H,1,3-4H2,(H,34,44)(H,35,45)(H3,22,25,26,33)/t7-,8-,9+,12-,13-,14-,18-,19-,42?,43?/m1/s1. The molecule has 2 unspecified atom stereocenters. The van der Waals surface area contributed by atoms with Crippen molar-refractivity contribution < 1.29 is 51.6 Å². The number of carbonyl (C=O) groups excluding carboxylic acids is 1. The molecule has 3 aromatic rings. The fourth-order valence-electron chi connectivity index (χ4n) is 5.25. The van der Waals surface area contributed by atoms with Gasteiger partial charge in [0.05, 0.1) is 19.5 Å². The van der Waals surface area contributed by atoms with Crippen LogP contribution in [0.5, 0.6) is 0 Å². The number of ether oxygens (including phenoxy) is 2. The van der Waals surface area contributed by atoms with Crippen LogP contribution in [0.2, 0.25) is 0 Å². The van der Waals surface area contributed by atoms with Crippen LogP contribution in [0.3, 0.4) is 0 Å². The molecule has 0 spiro atoms. The molecule has 3 saturated heterocycles. The second-order valence-electron chi connectivity index (χ2n) is 10.2. The molecule has 4 aliphatic heterocycles. The molecule has 2 bridgehead atoms. The van der Waals surface area contributed by atoms with Gasteiger partial charge in [-0.3, -0.25) is 28.2 Å². The summed E-state index contributed by atoms with van der Waals surface area (Å²) in [6, 6.07) is 0. The van der Waals surface area contributed by atoms with Crippen LogP contribution in [-0.4, -0.2) is 111 Å². The van der Waals surface area contributed by atoms with Crippen LogP contribution in [0.1, 0.15) is 29.4 Å². The van der Waals surface area contributed by atoms with Crippen LogP contribution >= 0.6 is 13.4 Å². The number of ketones is 1. The Balaban J connectivity index is 1.20. The van der Waals surface area contributed by atoms with Crippen molar-refractivity contribution in [3.63, 3.8) is 0 Å². The van der Waals surface area contributed by atoms with Gasteiger partial charge in [-0.25, -0.2) is 14.4 Å². The fraction of sp³-hybridized carbons (Fsp3) is 0.550. The molecule has 0 aromatic carbocycles. The minimum absolute atomic E-state index is 0.00836. The lowest BCUT2D eigenvalue weighted by atomic mass is 10.1. The molecule has 7 rings (SSSR count). The van der Waals surface area contributed by atoms with Crippen molar-refractivity contribution in [3.8, 4) is 0 Å². The van der Waals surface area contributed by atoms with Gasteiger partial charge in [0.15, 0.2) is 47.1 Å². The molecule has 0 aliphatic carbocycles. The summed E-state index contributed by atoms with van der Waals surface area (Å²) < 4.78 is 52.0. The van der Waals surface area contributed by atoms with Crippen LogP contribution < -0.4 is 11.3 Å². The normalized spacial score (nSPS) is 38.8. The third-order valence-electron chi connectivity index (χ3n) is 7.28. The summed E-state index contributed by atoms with van der Waals surface area (Å²) in [4.78, 5) is 60.9. The number of aliphatic hydroxyl groups excluding tert-OH is 1. The van der Waals surface area contributed by atoms with Gasteiger partial charge in [0, 0.05) is 12.6 Å². The summed E-state index contributed by atoms with van der Waals surface area (Å²) in [6.45, 7) is -9.86. The molecule has 242 valence electrons. The lowest BCUT2D eigenvalue weighted by molar-refractivity contribution is -0.0622. The molecule has 0 radical (unpaired) electrons. The van der Waals surface area contributed by atoms with E-state index in [-0.39, 0.29) is 40.8 Å². The predicted molar refractivity (Wildman–Crippen MR) is 153 cm³/mol. The molecule has 7 heterocycles. The number of aromatic nitrogens is 7. The lowest BCUT2D eigenvalue weighted by Crippen LogP contribution is -2.35. The highest BCUT2D eigenvalue weighted by molar-refractivity contribution is 8.07. The van der Waals surface area contributed by atoms with Gasteiger partial charge in [-0.15, -0.1) is 5.10 Å². The number of anilines is 1. The van der Waals surface area contributed by atoms with E-state index in [2.05, 4.69) is 30.3 Å². The van der Waals surface area contributed by atoms with Crippen LogP contribution in [0.15, 0.2) is 16.1 Å². The third kappa shape index (κ3) is 5.60. The first-order valence-corrected chi connectivity index (χ1v) is 18.2. The van der Waals surface area contributed by atoms with Crippen LogP contribution in [0.25, 0.3) is 11.2 Å². The lowest BCUT2D eigenvalue weighted by Gasteiger charge is -2.27. The second-order valence-corrected chi connectivity index (χ2v) is 15.7. The number of carbonyl (C=O) groups is 1. The zero-order valence-electron chi connectivity index (χ0n) is 22.3. The quantitative estimate of drug-likeness (QED) is 0.200. The maximum atomic E-state index is 16.0. The number of nitrogens with one attached hydrogen (secondary N) is 1. The average Bonchev–Trinajstić information content (AvgIpc) is 3.72. The number of rotatable bonds is 2. The summed E-state index contributed by atoms with van der Waals surface area (Å²) in [5, 5.41) is 18.7. The summed E-state index contributed by atoms with van der Waals surface area (Å²) in [7, 11) is 0. The molecule has 3 aromatic heterocycles. The number of fused-ring (bicyclic) bond motifs is 5. The number of nitrogens with zero attached hydrogens (tertiary/aromatic N) is 7. The second kappa shape index (κ2) is 11.3. The van der Waals surface area contributed by atoms with E-state index in [1.807, 2.05) is 0 Å². The monoisotopic (exact) mass is 709 g/mol. The molecule has 25 heteroatoms. The summed E-state index contributed by atoms with van der Waals surface area (Å²) in [5.74, 6) is -0.671. The fourth-order valence-corrected chi connectivity index (χ4v) is 8.10. The zero-order valence-corrected chi connectivity index (χ0v) is 25.7. The Morgan fingerprint density at radius 3 is 2.51 bits per heavy atom. The number of nitrogen functional groups attached to an aromatic ring is 1. The summed E-state index contributed by atoms with van der Waals surface area (Å²) in [5.41, 5.74) is 4.80. The number of H-pyrrole nitrogens is 1. The van der Waals surface area contributed by atoms with Gasteiger partial charge >= 0.3 is 13.4 Å². The Morgan fingerprint density at radius 2 is 1.76 bits per heavy atom. The molecule has 0 amide bonds. The Kier molecular flexibility index (Phi) is 7.84. The maximum Gasteiger partial charge on any atom is 0.325 e. The SMILES string of the molecule is Nc1nc2c(ncn2[C@@H]2O[C@@H]3COP(O)(=S)O[C@H]4[C@H](F)[C@H](n5nnc6c5N=CCC6=O)O[C@@H]4COP(O)(=S)O[C@@H]2[C@@H]3O)c(=O)[nH]1.